The van der Waals surface area contributed by atoms with Crippen LogP contribution in [0.5, 0.6) is 0 Å². The van der Waals surface area contributed by atoms with Crippen LogP contribution in [0.1, 0.15) is 43.7 Å². The lowest BCUT2D eigenvalue weighted by Crippen LogP contribution is -2.43. The first-order valence-electron chi connectivity index (χ1n) is 5.94. The molecule has 2 atom stereocenters. The topological polar surface area (TPSA) is 57.5 Å². The molecule has 2 N–H and O–H groups in total. The standard InChI is InChI=1S/C14H20O3/c1-4-9-14(17,13(15)16)11(3)12-7-5-10(2)6-8-12/h5-8,11,17H,4,9H2,1-3H3,(H,15,16). The Hall–Kier alpha value is -1.35. The van der Waals surface area contributed by atoms with E-state index in [-0.39, 0.29) is 6.42 Å². The van der Waals surface area contributed by atoms with Gasteiger partial charge in [0.25, 0.3) is 0 Å². The maximum absolute atomic E-state index is 11.2. The van der Waals surface area contributed by atoms with Crippen molar-refractivity contribution in [3.8, 4) is 0 Å². The summed E-state index contributed by atoms with van der Waals surface area (Å²) in [6, 6.07) is 7.62. The van der Waals surface area contributed by atoms with Crippen molar-refractivity contribution in [2.45, 2.75) is 45.1 Å². The van der Waals surface area contributed by atoms with Crippen LogP contribution in [-0.2, 0) is 4.79 Å². The van der Waals surface area contributed by atoms with Gasteiger partial charge >= 0.3 is 5.97 Å². The molecule has 0 spiro atoms. The van der Waals surface area contributed by atoms with Gasteiger partial charge in [-0.3, -0.25) is 0 Å². The van der Waals surface area contributed by atoms with E-state index in [1.54, 1.807) is 6.92 Å². The summed E-state index contributed by atoms with van der Waals surface area (Å²) in [6.07, 6.45) is 0.899. The molecule has 0 aromatic heterocycles. The van der Waals surface area contributed by atoms with E-state index in [0.29, 0.717) is 6.42 Å². The fourth-order valence-corrected chi connectivity index (χ4v) is 2.02. The van der Waals surface area contributed by atoms with E-state index < -0.39 is 17.5 Å². The normalized spacial score (nSPS) is 16.2. The first-order chi connectivity index (χ1) is 7.91. The molecule has 94 valence electrons. The zero-order valence-corrected chi connectivity index (χ0v) is 10.6. The highest BCUT2D eigenvalue weighted by molar-refractivity contribution is 5.78. The number of hydrogen-bond acceptors (Lipinski definition) is 2. The Balaban J connectivity index is 3.03. The molecular weight excluding hydrogens is 216 g/mol. The summed E-state index contributed by atoms with van der Waals surface area (Å²) in [5, 5.41) is 19.5. The van der Waals surface area contributed by atoms with E-state index in [4.69, 9.17) is 0 Å². The quantitative estimate of drug-likeness (QED) is 0.826. The van der Waals surface area contributed by atoms with Crippen LogP contribution in [0.2, 0.25) is 0 Å². The molecule has 0 saturated carbocycles. The van der Waals surface area contributed by atoms with Gasteiger partial charge in [-0.15, -0.1) is 0 Å². The molecule has 3 heteroatoms. The highest BCUT2D eigenvalue weighted by Crippen LogP contribution is 2.32. The van der Waals surface area contributed by atoms with Crippen molar-refractivity contribution in [1.82, 2.24) is 0 Å². The molecule has 1 aromatic rings. The number of aliphatic hydroxyl groups is 1. The number of carbonyl (C=O) groups is 1. The lowest BCUT2D eigenvalue weighted by atomic mass is 9.80. The molecule has 0 heterocycles. The molecule has 0 aliphatic heterocycles. The van der Waals surface area contributed by atoms with Gasteiger partial charge in [-0.25, -0.2) is 4.79 Å². The van der Waals surface area contributed by atoms with Crippen molar-refractivity contribution in [3.63, 3.8) is 0 Å². The minimum atomic E-state index is -1.68. The maximum atomic E-state index is 11.2. The van der Waals surface area contributed by atoms with Crippen LogP contribution < -0.4 is 0 Å². The van der Waals surface area contributed by atoms with E-state index >= 15 is 0 Å². The van der Waals surface area contributed by atoms with Gasteiger partial charge in [0.05, 0.1) is 0 Å². The first-order valence-corrected chi connectivity index (χ1v) is 5.94. The van der Waals surface area contributed by atoms with Crippen molar-refractivity contribution in [2.24, 2.45) is 0 Å². The Kier molecular flexibility index (Phi) is 4.29. The number of hydrogen-bond donors (Lipinski definition) is 2. The summed E-state index contributed by atoms with van der Waals surface area (Å²) in [5.41, 5.74) is 0.300. The number of benzene rings is 1. The van der Waals surface area contributed by atoms with Gasteiger partial charge in [0.2, 0.25) is 0 Å². The zero-order valence-electron chi connectivity index (χ0n) is 10.6. The van der Waals surface area contributed by atoms with Crippen molar-refractivity contribution in [2.75, 3.05) is 0 Å². The monoisotopic (exact) mass is 236 g/mol. The maximum Gasteiger partial charge on any atom is 0.336 e. The average molecular weight is 236 g/mol. The molecule has 0 amide bonds. The number of aliphatic carboxylic acids is 1. The summed E-state index contributed by atoms with van der Waals surface area (Å²) in [4.78, 5) is 11.2. The Morgan fingerprint density at radius 3 is 2.29 bits per heavy atom. The number of rotatable bonds is 5. The van der Waals surface area contributed by atoms with Crippen LogP contribution in [0.3, 0.4) is 0 Å². The second-order valence-corrected chi connectivity index (χ2v) is 4.61. The second-order valence-electron chi connectivity index (χ2n) is 4.61. The van der Waals surface area contributed by atoms with Crippen LogP contribution in [0.4, 0.5) is 0 Å². The smallest absolute Gasteiger partial charge is 0.336 e. The summed E-state index contributed by atoms with van der Waals surface area (Å²) < 4.78 is 0. The van der Waals surface area contributed by atoms with Crippen molar-refractivity contribution in [3.05, 3.63) is 35.4 Å². The molecule has 1 aromatic carbocycles. The second kappa shape index (κ2) is 5.32. The number of aryl methyl sites for hydroxylation is 1. The van der Waals surface area contributed by atoms with Gasteiger partial charge in [-0.05, 0) is 18.9 Å². The minimum Gasteiger partial charge on any atom is -0.479 e. The van der Waals surface area contributed by atoms with Crippen LogP contribution in [-0.4, -0.2) is 21.8 Å². The lowest BCUT2D eigenvalue weighted by Gasteiger charge is -2.30. The molecule has 0 radical (unpaired) electrons. The van der Waals surface area contributed by atoms with Crippen LogP contribution in [0.25, 0.3) is 0 Å². The summed E-state index contributed by atoms with van der Waals surface area (Å²) in [5.74, 6) is -1.56. The third-order valence-corrected chi connectivity index (χ3v) is 3.30. The Bertz CT molecular complexity index is 383. The van der Waals surface area contributed by atoms with E-state index in [1.807, 2.05) is 38.1 Å². The Morgan fingerprint density at radius 1 is 1.35 bits per heavy atom. The summed E-state index contributed by atoms with van der Waals surface area (Å²) in [6.45, 7) is 5.61. The largest absolute Gasteiger partial charge is 0.479 e. The SMILES string of the molecule is CCCC(O)(C(=O)O)C(C)c1ccc(C)cc1. The molecule has 0 fully saturated rings. The van der Waals surface area contributed by atoms with Crippen molar-refractivity contribution in [1.29, 1.82) is 0 Å². The van der Waals surface area contributed by atoms with Gasteiger partial charge < -0.3 is 10.2 Å². The molecule has 0 saturated heterocycles. The van der Waals surface area contributed by atoms with Crippen molar-refractivity contribution >= 4 is 5.97 Å². The number of carboxylic acids is 1. The van der Waals surface area contributed by atoms with Crippen LogP contribution >= 0.6 is 0 Å². The fourth-order valence-electron chi connectivity index (χ4n) is 2.02. The predicted molar refractivity (Wildman–Crippen MR) is 67.1 cm³/mol. The van der Waals surface area contributed by atoms with E-state index in [9.17, 15) is 15.0 Å². The predicted octanol–water partition coefficient (Wildman–Crippen LogP) is 2.71. The average Bonchev–Trinajstić information content (AvgIpc) is 2.29. The van der Waals surface area contributed by atoms with Crippen molar-refractivity contribution < 1.29 is 15.0 Å². The number of carboxylic acid groups (broad SMARTS) is 1. The van der Waals surface area contributed by atoms with Gasteiger partial charge in [-0.1, -0.05) is 50.1 Å². The van der Waals surface area contributed by atoms with E-state index in [2.05, 4.69) is 0 Å². The van der Waals surface area contributed by atoms with Gasteiger partial charge in [0.15, 0.2) is 5.60 Å². The third-order valence-electron chi connectivity index (χ3n) is 3.30. The zero-order chi connectivity index (χ0) is 13.1. The third kappa shape index (κ3) is 2.86. The highest BCUT2D eigenvalue weighted by Gasteiger charge is 2.41. The summed E-state index contributed by atoms with van der Waals surface area (Å²) >= 11 is 0. The molecule has 17 heavy (non-hydrogen) atoms. The van der Waals surface area contributed by atoms with E-state index in [0.717, 1.165) is 11.1 Å². The Morgan fingerprint density at radius 2 is 1.88 bits per heavy atom. The molecular formula is C14H20O3. The molecule has 0 bridgehead atoms. The van der Waals surface area contributed by atoms with Crippen LogP contribution in [0.15, 0.2) is 24.3 Å². The van der Waals surface area contributed by atoms with Gasteiger partial charge in [-0.2, -0.15) is 0 Å². The van der Waals surface area contributed by atoms with Gasteiger partial charge in [0.1, 0.15) is 0 Å². The first kappa shape index (κ1) is 13.7. The fraction of sp³-hybridized carbons (Fsp3) is 0.500. The molecule has 0 aliphatic carbocycles. The van der Waals surface area contributed by atoms with Gasteiger partial charge in [0, 0.05) is 5.92 Å². The minimum absolute atomic E-state index is 0.261. The highest BCUT2D eigenvalue weighted by atomic mass is 16.4. The molecule has 3 nitrogen and oxygen atoms in total. The lowest BCUT2D eigenvalue weighted by molar-refractivity contribution is -0.161. The Labute approximate surface area is 102 Å². The van der Waals surface area contributed by atoms with E-state index in [1.165, 1.54) is 0 Å². The summed E-state index contributed by atoms with van der Waals surface area (Å²) in [7, 11) is 0. The molecule has 2 unspecified atom stereocenters. The molecule has 0 aliphatic rings. The van der Waals surface area contributed by atoms with Crippen LogP contribution in [0, 0.1) is 6.92 Å². The molecule has 1 rings (SSSR count).